The van der Waals surface area contributed by atoms with Crippen LogP contribution in [0.1, 0.15) is 32.4 Å². The third-order valence-electron chi connectivity index (χ3n) is 4.06. The number of carbonyl (C=O) groups excluding carboxylic acids is 2. The summed E-state index contributed by atoms with van der Waals surface area (Å²) >= 11 is 0. The fourth-order valence-corrected chi connectivity index (χ4v) is 2.35. The highest BCUT2D eigenvalue weighted by Crippen LogP contribution is 2.17. The zero-order valence-electron chi connectivity index (χ0n) is 14.2. The van der Waals surface area contributed by atoms with Gasteiger partial charge < -0.3 is 5.73 Å². The highest BCUT2D eigenvalue weighted by molar-refractivity contribution is 5.91. The van der Waals surface area contributed by atoms with E-state index in [4.69, 9.17) is 11.0 Å². The molecule has 3 N–H and O–H groups in total. The van der Waals surface area contributed by atoms with E-state index in [9.17, 15) is 9.59 Å². The molecule has 0 bridgehead atoms. The molecular weight excluding hydrogens is 346 g/mol. The van der Waals surface area contributed by atoms with Crippen molar-refractivity contribution in [3.05, 3.63) is 18.1 Å². The van der Waals surface area contributed by atoms with Crippen LogP contribution in [0.2, 0.25) is 0 Å². The molecule has 1 fully saturated rings. The number of nitrogens with zero attached hydrogens (tertiary/aromatic N) is 5. The molecule has 1 aliphatic heterocycles. The Labute approximate surface area is 152 Å². The Morgan fingerprint density at radius 2 is 2.04 bits per heavy atom. The molecule has 0 radical (unpaired) electrons. The number of carbonyl (C=O) groups is 2. The molecule has 136 valence electrons. The van der Waals surface area contributed by atoms with Gasteiger partial charge in [0.25, 0.3) is 5.91 Å². The molecule has 0 aliphatic carbocycles. The van der Waals surface area contributed by atoms with Crippen molar-refractivity contribution in [3.63, 3.8) is 0 Å². The maximum Gasteiger partial charge on any atom is 0.341 e. The second kappa shape index (κ2) is 9.15. The number of nitriles is 1. The van der Waals surface area contributed by atoms with E-state index in [2.05, 4.69) is 15.3 Å². The molecule has 10 heteroatoms. The highest BCUT2D eigenvalue weighted by atomic mass is 35.5. The monoisotopic (exact) mass is 367 g/mol. The Morgan fingerprint density at radius 1 is 1.36 bits per heavy atom. The van der Waals surface area contributed by atoms with Gasteiger partial charge in [0.05, 0.1) is 18.4 Å². The van der Waals surface area contributed by atoms with Crippen LogP contribution in [-0.4, -0.2) is 51.1 Å². The van der Waals surface area contributed by atoms with Crippen molar-refractivity contribution in [3.8, 4) is 6.07 Å². The largest absolute Gasteiger partial charge is 0.341 e. The quantitative estimate of drug-likeness (QED) is 0.820. The van der Waals surface area contributed by atoms with Crippen LogP contribution in [0.5, 0.6) is 0 Å². The van der Waals surface area contributed by atoms with Crippen LogP contribution in [0.4, 0.5) is 10.6 Å². The summed E-state index contributed by atoms with van der Waals surface area (Å²) in [6.45, 7) is 4.76. The number of hydrazine groups is 1. The Kier molecular flexibility index (Phi) is 7.54. The first-order valence-corrected chi connectivity index (χ1v) is 7.85. The minimum Gasteiger partial charge on any atom is -0.320 e. The van der Waals surface area contributed by atoms with Crippen LogP contribution in [0, 0.1) is 17.2 Å². The van der Waals surface area contributed by atoms with E-state index >= 15 is 0 Å². The van der Waals surface area contributed by atoms with E-state index < -0.39 is 12.1 Å². The Balaban J connectivity index is 0.00000312. The molecule has 2 heterocycles. The molecule has 0 aromatic carbocycles. The molecule has 0 unspecified atom stereocenters. The zero-order valence-corrected chi connectivity index (χ0v) is 15.0. The molecule has 2 rings (SSSR count). The average molecular weight is 368 g/mol. The molecule has 0 saturated carbocycles. The van der Waals surface area contributed by atoms with Crippen molar-refractivity contribution in [1.82, 2.24) is 20.0 Å². The van der Waals surface area contributed by atoms with Crippen LogP contribution in [0.15, 0.2) is 12.4 Å². The summed E-state index contributed by atoms with van der Waals surface area (Å²) in [5.74, 6) is -0.0140. The smallest absolute Gasteiger partial charge is 0.320 e. The van der Waals surface area contributed by atoms with Gasteiger partial charge in [-0.1, -0.05) is 20.3 Å². The Bertz CT molecular complexity index is 646. The van der Waals surface area contributed by atoms with E-state index in [1.54, 1.807) is 0 Å². The number of nitrogens with one attached hydrogen (secondary N) is 1. The third kappa shape index (κ3) is 4.78. The number of aromatic nitrogens is 2. The summed E-state index contributed by atoms with van der Waals surface area (Å²) in [7, 11) is 0. The van der Waals surface area contributed by atoms with Crippen LogP contribution in [0.25, 0.3) is 0 Å². The van der Waals surface area contributed by atoms with E-state index in [0.717, 1.165) is 6.42 Å². The summed E-state index contributed by atoms with van der Waals surface area (Å²) in [6, 6.07) is 0.733. The number of urea groups is 1. The van der Waals surface area contributed by atoms with Gasteiger partial charge in [-0.25, -0.2) is 24.8 Å². The van der Waals surface area contributed by atoms with Gasteiger partial charge in [-0.2, -0.15) is 5.26 Å². The van der Waals surface area contributed by atoms with Gasteiger partial charge in [0.1, 0.15) is 6.07 Å². The van der Waals surface area contributed by atoms with E-state index in [-0.39, 0.29) is 35.7 Å². The summed E-state index contributed by atoms with van der Waals surface area (Å²) in [5.41, 5.74) is 6.15. The number of nitrogens with two attached hydrogens (primary N) is 1. The molecule has 1 aromatic rings. The minimum absolute atomic E-state index is 0. The van der Waals surface area contributed by atoms with Crippen molar-refractivity contribution in [2.24, 2.45) is 11.7 Å². The third-order valence-corrected chi connectivity index (χ3v) is 4.06. The minimum atomic E-state index is -0.641. The SMILES string of the molecule is CC[C@H](C)[C@H](N)C(=O)N1CCCN1C(=O)Nc1cnc(C#N)cn1.Cl. The summed E-state index contributed by atoms with van der Waals surface area (Å²) < 4.78 is 0. The van der Waals surface area contributed by atoms with Crippen LogP contribution < -0.4 is 11.1 Å². The van der Waals surface area contributed by atoms with Crippen molar-refractivity contribution in [2.75, 3.05) is 18.4 Å². The number of hydrogen-bond acceptors (Lipinski definition) is 6. The molecule has 1 saturated heterocycles. The van der Waals surface area contributed by atoms with Gasteiger partial charge in [0, 0.05) is 13.1 Å². The van der Waals surface area contributed by atoms with Crippen molar-refractivity contribution in [1.29, 1.82) is 5.26 Å². The maximum atomic E-state index is 12.5. The number of rotatable bonds is 4. The first-order chi connectivity index (χ1) is 11.5. The second-order valence-electron chi connectivity index (χ2n) is 5.68. The van der Waals surface area contributed by atoms with Gasteiger partial charge in [-0.3, -0.25) is 10.1 Å². The van der Waals surface area contributed by atoms with Crippen molar-refractivity contribution >= 4 is 30.2 Å². The summed E-state index contributed by atoms with van der Waals surface area (Å²) in [5, 5.41) is 14.0. The van der Waals surface area contributed by atoms with Crippen LogP contribution >= 0.6 is 12.4 Å². The van der Waals surface area contributed by atoms with Gasteiger partial charge in [0.15, 0.2) is 11.5 Å². The molecule has 0 spiro atoms. The lowest BCUT2D eigenvalue weighted by Crippen LogP contribution is -2.53. The molecular formula is C15H22ClN7O2. The topological polar surface area (TPSA) is 128 Å². The second-order valence-corrected chi connectivity index (χ2v) is 5.68. The number of anilines is 1. The Hall–Kier alpha value is -2.44. The Morgan fingerprint density at radius 3 is 2.60 bits per heavy atom. The molecule has 2 atom stereocenters. The molecule has 1 aliphatic rings. The van der Waals surface area contributed by atoms with E-state index in [0.29, 0.717) is 19.5 Å². The van der Waals surface area contributed by atoms with Crippen molar-refractivity contribution in [2.45, 2.75) is 32.7 Å². The van der Waals surface area contributed by atoms with Gasteiger partial charge in [-0.15, -0.1) is 12.4 Å². The summed E-state index contributed by atoms with van der Waals surface area (Å²) in [4.78, 5) is 32.7. The lowest BCUT2D eigenvalue weighted by Gasteiger charge is -2.31. The number of amides is 3. The zero-order chi connectivity index (χ0) is 17.7. The number of halogens is 1. The molecule has 1 aromatic heterocycles. The predicted octanol–water partition coefficient (Wildman–Crippen LogP) is 1.12. The molecule has 25 heavy (non-hydrogen) atoms. The lowest BCUT2D eigenvalue weighted by atomic mass is 9.99. The molecule has 3 amide bonds. The molecule has 9 nitrogen and oxygen atoms in total. The van der Waals surface area contributed by atoms with Crippen LogP contribution in [-0.2, 0) is 4.79 Å². The fraction of sp³-hybridized carbons (Fsp3) is 0.533. The first kappa shape index (κ1) is 20.6. The average Bonchev–Trinajstić information content (AvgIpc) is 3.10. The lowest BCUT2D eigenvalue weighted by molar-refractivity contribution is -0.142. The summed E-state index contributed by atoms with van der Waals surface area (Å²) in [6.07, 6.45) is 4.03. The normalized spacial score (nSPS) is 15.8. The first-order valence-electron chi connectivity index (χ1n) is 7.85. The number of hydrogen-bond donors (Lipinski definition) is 2. The fourth-order valence-electron chi connectivity index (χ4n) is 2.35. The van der Waals surface area contributed by atoms with Crippen molar-refractivity contribution < 1.29 is 9.59 Å². The highest BCUT2D eigenvalue weighted by Gasteiger charge is 2.34. The maximum absolute atomic E-state index is 12.5. The predicted molar refractivity (Wildman–Crippen MR) is 93.5 cm³/mol. The van der Waals surface area contributed by atoms with Gasteiger partial charge in [0.2, 0.25) is 0 Å². The van der Waals surface area contributed by atoms with E-state index in [1.165, 1.54) is 22.4 Å². The van der Waals surface area contributed by atoms with E-state index in [1.807, 2.05) is 19.9 Å². The standard InChI is InChI=1S/C15H21N7O2.ClH/c1-3-10(2)13(17)14(23)21-5-4-6-22(21)15(24)20-12-9-18-11(7-16)8-19-12;/h8-10,13H,3-6,17H2,1-2H3,(H,19,20,24);1H/t10-,13-;/m0./s1. The van der Waals surface area contributed by atoms with Gasteiger partial charge in [-0.05, 0) is 12.3 Å². The van der Waals surface area contributed by atoms with Gasteiger partial charge >= 0.3 is 6.03 Å². The van der Waals surface area contributed by atoms with Crippen LogP contribution in [0.3, 0.4) is 0 Å².